The van der Waals surface area contributed by atoms with Gasteiger partial charge in [-0.25, -0.2) is 4.99 Å². The summed E-state index contributed by atoms with van der Waals surface area (Å²) in [7, 11) is 0. The van der Waals surface area contributed by atoms with Crippen molar-refractivity contribution in [2.45, 2.75) is 37.3 Å². The molecule has 2 aliphatic carbocycles. The second-order valence-corrected chi connectivity index (χ2v) is 18.6. The summed E-state index contributed by atoms with van der Waals surface area (Å²) in [6.45, 7) is -1.02. The number of carbonyl (C=O) groups is 4. The maximum Gasteiger partial charge on any atom is 0.334 e. The maximum atomic E-state index is 15.1. The fourth-order valence-electron chi connectivity index (χ4n) is 8.18. The van der Waals surface area contributed by atoms with Gasteiger partial charge in [0.1, 0.15) is 56.3 Å². The van der Waals surface area contributed by atoms with E-state index in [2.05, 4.69) is 4.99 Å². The number of allylic oxidation sites excluding steroid dienone is 2. The van der Waals surface area contributed by atoms with Gasteiger partial charge in [0.2, 0.25) is 16.5 Å². The van der Waals surface area contributed by atoms with Crippen molar-refractivity contribution in [2.75, 3.05) is 0 Å². The molecule has 0 amide bonds. The molecule has 0 unspecified atom stereocenters. The number of fused-ring (bicyclic) bond motifs is 7. The highest BCUT2D eigenvalue weighted by Gasteiger charge is 2.62. The normalized spacial score (nSPS) is 13.4. The summed E-state index contributed by atoms with van der Waals surface area (Å²) < 4.78 is 25.9. The van der Waals surface area contributed by atoms with Crippen LogP contribution in [-0.2, 0) is 75.4 Å². The average Bonchev–Trinajstić information content (AvgIpc) is 4.17. The molecule has 0 spiro atoms. The van der Waals surface area contributed by atoms with Gasteiger partial charge in [-0.2, -0.15) is 21.0 Å². The standard InChI is InChI=1S/C53H31N5O8S3/c54-24-36(25-55)21-37-22-39-42(52(37,48(59)63-28-32-13-5-1-6-14-32)49(60)64-29-33-15-7-2-8-16-33)44-46(67-39)47-45(69-44)43-40(68-47)23-41(58-38(26-56)27-57)53(43,50(61)65-30-34-17-9-3-10-18-34)51(62)66-31-35-19-11-4-12-20-35/h1-23H,28-31H2. The molecule has 334 valence electrons. The molecule has 0 N–H and O–H groups in total. The summed E-state index contributed by atoms with van der Waals surface area (Å²) in [5, 5.41) is 39.8. The third-order valence-electron chi connectivity index (χ3n) is 11.4. The van der Waals surface area contributed by atoms with Crippen molar-refractivity contribution in [1.82, 2.24) is 0 Å². The molecule has 0 radical (unpaired) electrons. The molecular weight excluding hydrogens is 931 g/mol. The van der Waals surface area contributed by atoms with E-state index in [0.717, 1.165) is 11.3 Å². The van der Waals surface area contributed by atoms with Gasteiger partial charge in [0.15, 0.2) is 0 Å². The molecule has 0 fully saturated rings. The number of hydrogen-bond acceptors (Lipinski definition) is 16. The molecule has 0 atom stereocenters. The van der Waals surface area contributed by atoms with Gasteiger partial charge in [-0.05, 0) is 46.1 Å². The zero-order chi connectivity index (χ0) is 48.1. The Bertz CT molecular complexity index is 3150. The summed E-state index contributed by atoms with van der Waals surface area (Å²) in [6.07, 6.45) is 4.20. The van der Waals surface area contributed by atoms with E-state index in [-0.39, 0.29) is 48.8 Å². The van der Waals surface area contributed by atoms with Crippen molar-refractivity contribution >= 4 is 94.6 Å². The predicted octanol–water partition coefficient (Wildman–Crippen LogP) is 9.84. The second-order valence-electron chi connectivity index (χ2n) is 15.4. The Morgan fingerprint density at radius 2 is 0.841 bits per heavy atom. The van der Waals surface area contributed by atoms with Gasteiger partial charge in [-0.3, -0.25) is 19.2 Å². The van der Waals surface area contributed by atoms with E-state index < -0.39 is 46.0 Å². The van der Waals surface area contributed by atoms with Crippen molar-refractivity contribution in [3.05, 3.63) is 187 Å². The van der Waals surface area contributed by atoms with Crippen LogP contribution in [0.1, 0.15) is 43.1 Å². The van der Waals surface area contributed by atoms with E-state index in [9.17, 15) is 21.0 Å². The van der Waals surface area contributed by atoms with Crippen molar-refractivity contribution < 1.29 is 38.1 Å². The van der Waals surface area contributed by atoms with Gasteiger partial charge >= 0.3 is 23.9 Å². The lowest BCUT2D eigenvalue weighted by Gasteiger charge is -2.28. The Balaban J connectivity index is 1.27. The highest BCUT2D eigenvalue weighted by Crippen LogP contribution is 2.60. The molecule has 0 saturated heterocycles. The average molecular weight is 962 g/mol. The lowest BCUT2D eigenvalue weighted by atomic mass is 9.77. The number of rotatable bonds is 14. The van der Waals surface area contributed by atoms with Crippen LogP contribution in [0.15, 0.2) is 149 Å². The SMILES string of the molecule is N#CC(C#N)=CC1=Cc2sc3c(sc4c5c(sc43)C=C(N=C(C#N)C#N)C5(C(=O)OCc3ccccc3)C(=O)OCc3ccccc3)c2C1(C(=O)OCc1ccccc1)C(=O)OCc1ccccc1. The minimum absolute atomic E-state index is 0.0380. The van der Waals surface area contributed by atoms with E-state index in [0.29, 0.717) is 50.8 Å². The van der Waals surface area contributed by atoms with Gasteiger partial charge in [0.05, 0.1) is 24.5 Å². The number of aliphatic imine (C=N–C) groups is 1. The molecule has 0 bridgehead atoms. The molecule has 69 heavy (non-hydrogen) atoms. The predicted molar refractivity (Wildman–Crippen MR) is 257 cm³/mol. The van der Waals surface area contributed by atoms with E-state index in [4.69, 9.17) is 18.9 Å². The fraction of sp³-hybridized carbons (Fsp3) is 0.113. The zero-order valence-corrected chi connectivity index (χ0v) is 38.3. The van der Waals surface area contributed by atoms with E-state index in [1.54, 1.807) is 140 Å². The summed E-state index contributed by atoms with van der Waals surface area (Å²) in [4.78, 5) is 65.6. The Labute approximate surface area is 405 Å². The third kappa shape index (κ3) is 8.05. The van der Waals surface area contributed by atoms with Gasteiger partial charge in [0, 0.05) is 20.9 Å². The van der Waals surface area contributed by atoms with Crippen molar-refractivity contribution in [3.63, 3.8) is 0 Å². The Morgan fingerprint density at radius 1 is 0.478 bits per heavy atom. The zero-order valence-electron chi connectivity index (χ0n) is 35.8. The highest BCUT2D eigenvalue weighted by molar-refractivity contribution is 7.39. The van der Waals surface area contributed by atoms with Crippen molar-refractivity contribution in [2.24, 2.45) is 4.99 Å². The molecule has 3 aromatic heterocycles. The Morgan fingerprint density at radius 3 is 1.22 bits per heavy atom. The first kappa shape index (κ1) is 45.4. The maximum absolute atomic E-state index is 15.1. The summed E-state index contributed by atoms with van der Waals surface area (Å²) in [5.74, 6) is -4.25. The second kappa shape index (κ2) is 19.2. The molecule has 9 rings (SSSR count). The van der Waals surface area contributed by atoms with Crippen LogP contribution in [-0.4, -0.2) is 29.6 Å². The Kier molecular flexibility index (Phi) is 12.6. The van der Waals surface area contributed by atoms with E-state index >= 15 is 19.2 Å². The number of benzene rings is 4. The summed E-state index contributed by atoms with van der Waals surface area (Å²) in [6, 6.07) is 42.3. The Hall–Kier alpha value is -8.77. The lowest BCUT2D eigenvalue weighted by Crippen LogP contribution is -2.46. The van der Waals surface area contributed by atoms with Crippen LogP contribution in [0.2, 0.25) is 0 Å². The van der Waals surface area contributed by atoms with Crippen LogP contribution < -0.4 is 0 Å². The molecule has 16 heteroatoms. The van der Waals surface area contributed by atoms with Crippen molar-refractivity contribution in [1.29, 1.82) is 21.0 Å². The number of esters is 4. The molecular formula is C53H31N5O8S3. The van der Waals surface area contributed by atoms with Crippen LogP contribution >= 0.6 is 34.0 Å². The van der Waals surface area contributed by atoms with Gasteiger partial charge < -0.3 is 18.9 Å². The third-order valence-corrected chi connectivity index (χ3v) is 15.3. The lowest BCUT2D eigenvalue weighted by molar-refractivity contribution is -0.166. The number of nitriles is 4. The first-order valence-electron chi connectivity index (χ1n) is 20.9. The fourth-order valence-corrected chi connectivity index (χ4v) is 12.8. The van der Waals surface area contributed by atoms with E-state index in [1.165, 1.54) is 34.8 Å². The molecule has 7 aromatic rings. The first-order chi connectivity index (χ1) is 33.7. The quantitative estimate of drug-likeness (QED) is 0.0328. The molecule has 0 saturated carbocycles. The molecule has 0 aliphatic heterocycles. The number of ether oxygens (including phenoxy) is 4. The van der Waals surface area contributed by atoms with Crippen molar-refractivity contribution in [3.8, 4) is 24.3 Å². The summed E-state index contributed by atoms with van der Waals surface area (Å²) >= 11 is 3.47. The molecule has 3 heterocycles. The van der Waals surface area contributed by atoms with Crippen LogP contribution in [0.4, 0.5) is 0 Å². The van der Waals surface area contributed by atoms with Gasteiger partial charge in [0.25, 0.3) is 0 Å². The largest absolute Gasteiger partial charge is 0.459 e. The minimum Gasteiger partial charge on any atom is -0.459 e. The number of nitrogens with zero attached hydrogens (tertiary/aromatic N) is 5. The topological polar surface area (TPSA) is 213 Å². The minimum atomic E-state index is -2.49. The van der Waals surface area contributed by atoms with Crippen LogP contribution in [0.25, 0.3) is 31.0 Å². The highest BCUT2D eigenvalue weighted by atomic mass is 32.1. The van der Waals surface area contributed by atoms with Crippen LogP contribution in [0.5, 0.6) is 0 Å². The monoisotopic (exact) mass is 961 g/mol. The van der Waals surface area contributed by atoms with Gasteiger partial charge in [-0.1, -0.05) is 121 Å². The molecule has 13 nitrogen and oxygen atoms in total. The van der Waals surface area contributed by atoms with Crippen LogP contribution in [0.3, 0.4) is 0 Å². The smallest absolute Gasteiger partial charge is 0.334 e. The molecule has 2 aliphatic rings. The number of carbonyl (C=O) groups excluding carboxylic acids is 4. The van der Waals surface area contributed by atoms with Gasteiger partial charge in [-0.15, -0.1) is 34.0 Å². The molecule has 4 aromatic carbocycles. The summed E-state index contributed by atoms with van der Waals surface area (Å²) in [5.41, 5.74) is -3.52. The number of thiophene rings is 3. The number of hydrogen-bond donors (Lipinski definition) is 0. The van der Waals surface area contributed by atoms with Crippen LogP contribution in [0, 0.1) is 45.3 Å². The first-order valence-corrected chi connectivity index (χ1v) is 23.3. The van der Waals surface area contributed by atoms with E-state index in [1.807, 2.05) is 12.1 Å².